The van der Waals surface area contributed by atoms with Gasteiger partial charge in [-0.25, -0.2) is 18.1 Å². The van der Waals surface area contributed by atoms with Gasteiger partial charge in [0.2, 0.25) is 0 Å². The molecule has 3 rings (SSSR count). The normalized spacial score (nSPS) is 10.9. The van der Waals surface area contributed by atoms with Crippen LogP contribution in [0.1, 0.15) is 0 Å². The summed E-state index contributed by atoms with van der Waals surface area (Å²) in [4.78, 5) is 26.9. The lowest BCUT2D eigenvalue weighted by atomic mass is 10.2. The molecule has 2 aromatic carbocycles. The van der Waals surface area contributed by atoms with E-state index in [9.17, 15) is 18.4 Å². The van der Waals surface area contributed by atoms with Crippen LogP contribution in [0.5, 0.6) is 0 Å². The van der Waals surface area contributed by atoms with E-state index in [0.717, 1.165) is 22.4 Å². The zero-order chi connectivity index (χ0) is 15.9. The second-order valence-corrected chi connectivity index (χ2v) is 4.68. The van der Waals surface area contributed by atoms with Crippen molar-refractivity contribution in [1.82, 2.24) is 9.55 Å². The fourth-order valence-electron chi connectivity index (χ4n) is 2.22. The Kier molecular flexibility index (Phi) is 3.25. The fraction of sp³-hybridized carbons (Fsp3) is 0.0667. The van der Waals surface area contributed by atoms with Gasteiger partial charge in [0.1, 0.15) is 0 Å². The van der Waals surface area contributed by atoms with Crippen molar-refractivity contribution in [2.45, 2.75) is 0 Å². The molecule has 0 saturated heterocycles. The Labute approximate surface area is 122 Å². The Hall–Kier alpha value is -2.96. The number of hydrogen-bond donors (Lipinski definition) is 2. The van der Waals surface area contributed by atoms with Gasteiger partial charge in [0.05, 0.1) is 16.6 Å². The zero-order valence-electron chi connectivity index (χ0n) is 11.5. The molecule has 1 aromatic heterocycles. The van der Waals surface area contributed by atoms with Gasteiger partial charge in [-0.1, -0.05) is 0 Å². The molecule has 3 aromatic rings. The molecule has 0 aliphatic rings. The maximum Gasteiger partial charge on any atom is 0.333 e. The summed E-state index contributed by atoms with van der Waals surface area (Å²) < 4.78 is 27.4. The third-order valence-corrected chi connectivity index (χ3v) is 3.35. The lowest BCUT2D eigenvalue weighted by molar-refractivity contribution is 0.510. The van der Waals surface area contributed by atoms with E-state index in [4.69, 9.17) is 0 Å². The summed E-state index contributed by atoms with van der Waals surface area (Å²) in [6.45, 7) is 0. The van der Waals surface area contributed by atoms with Gasteiger partial charge in [0.15, 0.2) is 11.6 Å². The summed E-state index contributed by atoms with van der Waals surface area (Å²) in [6, 6.07) is 8.11. The first-order valence-corrected chi connectivity index (χ1v) is 6.43. The molecule has 0 fully saturated rings. The number of nitrogens with one attached hydrogen (secondary N) is 2. The Morgan fingerprint density at radius 2 is 1.68 bits per heavy atom. The Morgan fingerprint density at radius 3 is 2.32 bits per heavy atom. The number of benzene rings is 2. The third kappa shape index (κ3) is 2.16. The summed E-state index contributed by atoms with van der Waals surface area (Å²) in [5.41, 5.74) is -0.341. The van der Waals surface area contributed by atoms with Gasteiger partial charge in [-0.15, -0.1) is 0 Å². The largest absolute Gasteiger partial charge is 0.388 e. The van der Waals surface area contributed by atoms with Crippen molar-refractivity contribution in [2.75, 3.05) is 12.4 Å². The first-order valence-electron chi connectivity index (χ1n) is 6.43. The number of anilines is 1. The minimum Gasteiger partial charge on any atom is -0.388 e. The predicted octanol–water partition coefficient (Wildman–Crippen LogP) is 2.00. The minimum absolute atomic E-state index is 0.0444. The van der Waals surface area contributed by atoms with Crippen LogP contribution in [0.15, 0.2) is 46.0 Å². The van der Waals surface area contributed by atoms with Crippen LogP contribution in [-0.2, 0) is 0 Å². The third-order valence-electron chi connectivity index (χ3n) is 3.35. The van der Waals surface area contributed by atoms with Gasteiger partial charge in [-0.05, 0) is 30.3 Å². The molecule has 0 atom stereocenters. The van der Waals surface area contributed by atoms with Crippen LogP contribution in [-0.4, -0.2) is 16.6 Å². The summed E-state index contributed by atoms with van der Waals surface area (Å²) in [6.07, 6.45) is 0. The van der Waals surface area contributed by atoms with E-state index in [1.54, 1.807) is 31.3 Å². The fourth-order valence-corrected chi connectivity index (χ4v) is 2.22. The van der Waals surface area contributed by atoms with Crippen LogP contribution < -0.4 is 16.6 Å². The molecule has 112 valence electrons. The highest BCUT2D eigenvalue weighted by atomic mass is 19.2. The molecule has 0 amide bonds. The van der Waals surface area contributed by atoms with Gasteiger partial charge >= 0.3 is 5.69 Å². The number of H-pyrrole nitrogens is 1. The van der Waals surface area contributed by atoms with Crippen molar-refractivity contribution in [3.8, 4) is 5.69 Å². The standard InChI is InChI=1S/C15H11F2N3O2/c1-18-8-2-4-9(5-3-8)20-14(21)10-6-11(16)12(17)7-13(10)19-15(20)22/h2-7,18H,1H3,(H,19,22). The lowest BCUT2D eigenvalue weighted by Gasteiger charge is -2.08. The number of aromatic amines is 1. The van der Waals surface area contributed by atoms with Crippen molar-refractivity contribution in [3.63, 3.8) is 0 Å². The Bertz CT molecular complexity index is 975. The lowest BCUT2D eigenvalue weighted by Crippen LogP contribution is -2.33. The van der Waals surface area contributed by atoms with E-state index < -0.39 is 22.9 Å². The number of aromatic nitrogens is 2. The highest BCUT2D eigenvalue weighted by Gasteiger charge is 2.12. The molecule has 0 aliphatic carbocycles. The Morgan fingerprint density at radius 1 is 1.05 bits per heavy atom. The highest BCUT2D eigenvalue weighted by molar-refractivity contribution is 5.77. The minimum atomic E-state index is -1.14. The van der Waals surface area contributed by atoms with Crippen molar-refractivity contribution < 1.29 is 8.78 Å². The molecule has 0 saturated carbocycles. The number of halogens is 2. The van der Waals surface area contributed by atoms with Crippen molar-refractivity contribution in [2.24, 2.45) is 0 Å². The predicted molar refractivity (Wildman–Crippen MR) is 79.6 cm³/mol. The monoisotopic (exact) mass is 303 g/mol. The van der Waals surface area contributed by atoms with Gasteiger partial charge in [0.25, 0.3) is 5.56 Å². The Balaban J connectivity index is 2.32. The number of rotatable bonds is 2. The molecule has 0 bridgehead atoms. The van der Waals surface area contributed by atoms with Crippen LogP contribution in [0.2, 0.25) is 0 Å². The van der Waals surface area contributed by atoms with E-state index in [-0.39, 0.29) is 10.9 Å². The van der Waals surface area contributed by atoms with E-state index in [0.29, 0.717) is 5.69 Å². The molecule has 7 heteroatoms. The maximum atomic E-state index is 13.3. The summed E-state index contributed by atoms with van der Waals surface area (Å²) >= 11 is 0. The van der Waals surface area contributed by atoms with Crippen molar-refractivity contribution in [1.29, 1.82) is 0 Å². The van der Waals surface area contributed by atoms with E-state index in [1.807, 2.05) is 0 Å². The zero-order valence-corrected chi connectivity index (χ0v) is 11.5. The van der Waals surface area contributed by atoms with Crippen molar-refractivity contribution in [3.05, 3.63) is 68.9 Å². The first kappa shape index (κ1) is 14.0. The molecule has 22 heavy (non-hydrogen) atoms. The molecule has 1 heterocycles. The molecule has 5 nitrogen and oxygen atoms in total. The van der Waals surface area contributed by atoms with E-state index in [1.165, 1.54) is 0 Å². The van der Waals surface area contributed by atoms with Crippen LogP contribution in [0.3, 0.4) is 0 Å². The van der Waals surface area contributed by atoms with Gasteiger partial charge in [-0.2, -0.15) is 0 Å². The summed E-state index contributed by atoms with van der Waals surface area (Å²) in [5, 5.41) is 2.81. The van der Waals surface area contributed by atoms with Crippen LogP contribution in [0.25, 0.3) is 16.6 Å². The topological polar surface area (TPSA) is 66.9 Å². The number of nitrogens with zero attached hydrogens (tertiary/aromatic N) is 1. The second-order valence-electron chi connectivity index (χ2n) is 4.68. The average molecular weight is 303 g/mol. The number of hydrogen-bond acceptors (Lipinski definition) is 3. The number of fused-ring (bicyclic) bond motifs is 1. The molecular weight excluding hydrogens is 292 g/mol. The summed E-state index contributed by atoms with van der Waals surface area (Å²) in [7, 11) is 1.74. The molecule has 0 spiro atoms. The second kappa shape index (κ2) is 5.10. The van der Waals surface area contributed by atoms with Crippen LogP contribution in [0.4, 0.5) is 14.5 Å². The van der Waals surface area contributed by atoms with Crippen LogP contribution in [0, 0.1) is 11.6 Å². The van der Waals surface area contributed by atoms with Gasteiger partial charge in [0, 0.05) is 18.8 Å². The molecule has 2 N–H and O–H groups in total. The molecule has 0 unspecified atom stereocenters. The maximum absolute atomic E-state index is 13.3. The van der Waals surface area contributed by atoms with Gasteiger partial charge < -0.3 is 10.3 Å². The molecule has 0 radical (unpaired) electrons. The smallest absolute Gasteiger partial charge is 0.333 e. The van der Waals surface area contributed by atoms with Crippen molar-refractivity contribution >= 4 is 16.6 Å². The summed E-state index contributed by atoms with van der Waals surface area (Å²) in [5.74, 6) is -2.27. The van der Waals surface area contributed by atoms with Gasteiger partial charge in [-0.3, -0.25) is 4.79 Å². The van der Waals surface area contributed by atoms with E-state index in [2.05, 4.69) is 10.3 Å². The highest BCUT2D eigenvalue weighted by Crippen LogP contribution is 2.14. The average Bonchev–Trinajstić information content (AvgIpc) is 2.50. The molecular formula is C15H11F2N3O2. The molecule has 0 aliphatic heterocycles. The SMILES string of the molecule is CNc1ccc(-n2c(=O)[nH]c3cc(F)c(F)cc3c2=O)cc1. The van der Waals surface area contributed by atoms with Crippen LogP contribution >= 0.6 is 0 Å². The van der Waals surface area contributed by atoms with E-state index >= 15 is 0 Å². The first-order chi connectivity index (χ1) is 10.5. The quantitative estimate of drug-likeness (QED) is 0.761.